The van der Waals surface area contributed by atoms with Gasteiger partial charge in [-0.2, -0.15) is 0 Å². The number of fused-ring (bicyclic) bond motifs is 1. The van der Waals surface area contributed by atoms with Crippen molar-refractivity contribution in [2.24, 2.45) is 0 Å². The first-order valence-electron chi connectivity index (χ1n) is 6.38. The van der Waals surface area contributed by atoms with Gasteiger partial charge in [0, 0.05) is 11.6 Å². The summed E-state index contributed by atoms with van der Waals surface area (Å²) in [7, 11) is 0. The Morgan fingerprint density at radius 2 is 1.74 bits per heavy atom. The molecule has 1 heterocycles. The zero-order valence-electron chi connectivity index (χ0n) is 11.1. The summed E-state index contributed by atoms with van der Waals surface area (Å²) >= 11 is 0. The molecule has 1 aliphatic heterocycles. The second-order valence-electron chi connectivity index (χ2n) is 5.15. The average Bonchev–Trinajstić information content (AvgIpc) is 2.38. The summed E-state index contributed by atoms with van der Waals surface area (Å²) in [6, 6.07) is 15.7. The Morgan fingerprint density at radius 1 is 0.947 bits per heavy atom. The van der Waals surface area contributed by atoms with Crippen LogP contribution in [0.4, 0.5) is 0 Å². The summed E-state index contributed by atoms with van der Waals surface area (Å²) in [6.07, 6.45) is 4.15. The van der Waals surface area contributed by atoms with Crippen LogP contribution < -0.4 is 9.47 Å². The quantitative estimate of drug-likeness (QED) is 0.773. The fraction of sp³-hybridized carbons (Fsp3) is 0.176. The van der Waals surface area contributed by atoms with Gasteiger partial charge < -0.3 is 9.47 Å². The van der Waals surface area contributed by atoms with Gasteiger partial charge in [0.15, 0.2) is 0 Å². The highest BCUT2D eigenvalue weighted by atomic mass is 16.5. The molecule has 0 unspecified atom stereocenters. The van der Waals surface area contributed by atoms with Gasteiger partial charge in [0.25, 0.3) is 0 Å². The normalized spacial score (nSPS) is 15.5. The minimum absolute atomic E-state index is 0.266. The molecule has 0 radical (unpaired) electrons. The molecule has 0 atom stereocenters. The molecule has 0 spiro atoms. The molecule has 0 bridgehead atoms. The number of para-hydroxylation sites is 1. The standard InChI is InChI=1S/C17H16O2/c1-17(2)11-10-13-8-9-15(12-16(13)19-17)18-14-6-4-3-5-7-14/h3-12H,1-2H3. The first-order chi connectivity index (χ1) is 9.12. The average molecular weight is 252 g/mol. The molecule has 3 rings (SSSR count). The van der Waals surface area contributed by atoms with Crippen LogP contribution in [0.25, 0.3) is 6.08 Å². The van der Waals surface area contributed by atoms with Crippen molar-refractivity contribution >= 4 is 6.08 Å². The lowest BCUT2D eigenvalue weighted by molar-refractivity contribution is 0.158. The Hall–Kier alpha value is -2.22. The second-order valence-corrected chi connectivity index (χ2v) is 5.15. The topological polar surface area (TPSA) is 18.5 Å². The van der Waals surface area contributed by atoms with Crippen LogP contribution in [0.5, 0.6) is 17.2 Å². The van der Waals surface area contributed by atoms with Gasteiger partial charge >= 0.3 is 0 Å². The van der Waals surface area contributed by atoms with Crippen LogP contribution in [0, 0.1) is 0 Å². The zero-order chi connectivity index (χ0) is 13.3. The van der Waals surface area contributed by atoms with Crippen molar-refractivity contribution in [3.63, 3.8) is 0 Å². The molecule has 0 aromatic heterocycles. The molecule has 19 heavy (non-hydrogen) atoms. The zero-order valence-corrected chi connectivity index (χ0v) is 11.1. The third-order valence-electron chi connectivity index (χ3n) is 3.00. The molecule has 0 fully saturated rings. The van der Waals surface area contributed by atoms with E-state index in [0.717, 1.165) is 22.8 Å². The maximum Gasteiger partial charge on any atom is 0.131 e. The SMILES string of the molecule is CC1(C)C=Cc2ccc(Oc3ccccc3)cc2O1. The highest BCUT2D eigenvalue weighted by molar-refractivity contribution is 5.62. The molecule has 0 saturated heterocycles. The van der Waals surface area contributed by atoms with Gasteiger partial charge in [0.1, 0.15) is 22.8 Å². The van der Waals surface area contributed by atoms with Crippen LogP contribution in [-0.2, 0) is 0 Å². The number of rotatable bonds is 2. The van der Waals surface area contributed by atoms with E-state index in [1.165, 1.54) is 0 Å². The summed E-state index contributed by atoms with van der Waals surface area (Å²) in [5.74, 6) is 2.48. The molecule has 2 aromatic rings. The van der Waals surface area contributed by atoms with Crippen molar-refractivity contribution in [3.8, 4) is 17.2 Å². The number of hydrogen-bond donors (Lipinski definition) is 0. The Kier molecular flexibility index (Phi) is 2.79. The Balaban J connectivity index is 1.88. The van der Waals surface area contributed by atoms with Crippen molar-refractivity contribution in [3.05, 3.63) is 60.2 Å². The van der Waals surface area contributed by atoms with Crippen molar-refractivity contribution in [1.82, 2.24) is 0 Å². The fourth-order valence-corrected chi connectivity index (χ4v) is 2.04. The van der Waals surface area contributed by atoms with Crippen molar-refractivity contribution in [2.45, 2.75) is 19.4 Å². The molecule has 0 aliphatic carbocycles. The van der Waals surface area contributed by atoms with Gasteiger partial charge in [-0.25, -0.2) is 0 Å². The van der Waals surface area contributed by atoms with E-state index >= 15 is 0 Å². The third-order valence-corrected chi connectivity index (χ3v) is 3.00. The molecule has 2 aromatic carbocycles. The van der Waals surface area contributed by atoms with E-state index < -0.39 is 0 Å². The van der Waals surface area contributed by atoms with Crippen LogP contribution >= 0.6 is 0 Å². The first kappa shape index (κ1) is 11.8. The first-order valence-corrected chi connectivity index (χ1v) is 6.38. The van der Waals surface area contributed by atoms with Crippen LogP contribution in [0.1, 0.15) is 19.4 Å². The van der Waals surface area contributed by atoms with Gasteiger partial charge in [-0.15, -0.1) is 0 Å². The number of benzene rings is 2. The molecule has 96 valence electrons. The van der Waals surface area contributed by atoms with Gasteiger partial charge in [0.05, 0.1) is 0 Å². The van der Waals surface area contributed by atoms with E-state index in [0.29, 0.717) is 0 Å². The van der Waals surface area contributed by atoms with Crippen LogP contribution in [0.15, 0.2) is 54.6 Å². The summed E-state index contributed by atoms with van der Waals surface area (Å²) < 4.78 is 11.7. The smallest absolute Gasteiger partial charge is 0.131 e. The molecule has 2 heteroatoms. The van der Waals surface area contributed by atoms with Gasteiger partial charge in [-0.3, -0.25) is 0 Å². The maximum absolute atomic E-state index is 5.93. The molecule has 2 nitrogen and oxygen atoms in total. The summed E-state index contributed by atoms with van der Waals surface area (Å²) in [5, 5.41) is 0. The van der Waals surface area contributed by atoms with E-state index in [1.807, 2.05) is 62.4 Å². The fourth-order valence-electron chi connectivity index (χ4n) is 2.04. The number of hydrogen-bond acceptors (Lipinski definition) is 2. The highest BCUT2D eigenvalue weighted by Crippen LogP contribution is 2.34. The Labute approximate surface area is 113 Å². The molecular weight excluding hydrogens is 236 g/mol. The Morgan fingerprint density at radius 3 is 2.53 bits per heavy atom. The maximum atomic E-state index is 5.93. The summed E-state index contributed by atoms with van der Waals surface area (Å²) in [4.78, 5) is 0. The van der Waals surface area contributed by atoms with E-state index in [4.69, 9.17) is 9.47 Å². The summed E-state index contributed by atoms with van der Waals surface area (Å²) in [6.45, 7) is 4.08. The van der Waals surface area contributed by atoms with Crippen molar-refractivity contribution in [1.29, 1.82) is 0 Å². The highest BCUT2D eigenvalue weighted by Gasteiger charge is 2.21. The van der Waals surface area contributed by atoms with Crippen LogP contribution in [0.3, 0.4) is 0 Å². The van der Waals surface area contributed by atoms with Crippen LogP contribution in [-0.4, -0.2) is 5.60 Å². The van der Waals surface area contributed by atoms with E-state index in [9.17, 15) is 0 Å². The van der Waals surface area contributed by atoms with Gasteiger partial charge in [-0.1, -0.05) is 24.3 Å². The lowest BCUT2D eigenvalue weighted by Crippen LogP contribution is -2.27. The lowest BCUT2D eigenvalue weighted by atomic mass is 10.0. The van der Waals surface area contributed by atoms with Crippen molar-refractivity contribution in [2.75, 3.05) is 0 Å². The molecule has 0 saturated carbocycles. The van der Waals surface area contributed by atoms with Gasteiger partial charge in [-0.05, 0) is 44.2 Å². The van der Waals surface area contributed by atoms with E-state index in [-0.39, 0.29) is 5.60 Å². The predicted molar refractivity (Wildman–Crippen MR) is 76.7 cm³/mol. The molecule has 0 N–H and O–H groups in total. The monoisotopic (exact) mass is 252 g/mol. The minimum Gasteiger partial charge on any atom is -0.483 e. The predicted octanol–water partition coefficient (Wildman–Crippen LogP) is 4.66. The van der Waals surface area contributed by atoms with Crippen molar-refractivity contribution < 1.29 is 9.47 Å². The number of ether oxygens (including phenoxy) is 2. The van der Waals surface area contributed by atoms with Gasteiger partial charge in [0.2, 0.25) is 0 Å². The largest absolute Gasteiger partial charge is 0.483 e. The molecule has 0 amide bonds. The summed E-state index contributed by atoms with van der Waals surface area (Å²) in [5.41, 5.74) is 0.818. The Bertz CT molecular complexity index is 612. The lowest BCUT2D eigenvalue weighted by Gasteiger charge is -2.28. The van der Waals surface area contributed by atoms with E-state index in [2.05, 4.69) is 12.2 Å². The molecule has 1 aliphatic rings. The molecular formula is C17H16O2. The third kappa shape index (κ3) is 2.63. The minimum atomic E-state index is -0.266. The van der Waals surface area contributed by atoms with E-state index in [1.54, 1.807) is 0 Å². The second kappa shape index (κ2) is 4.47. The van der Waals surface area contributed by atoms with Crippen LogP contribution in [0.2, 0.25) is 0 Å².